The number of carbonyl (C=O) groups excluding carboxylic acids is 1. The Morgan fingerprint density at radius 1 is 1.03 bits per heavy atom. The molecule has 1 aromatic carbocycles. The van der Waals surface area contributed by atoms with Crippen LogP contribution in [0.15, 0.2) is 47.2 Å². The molecule has 0 saturated carbocycles. The van der Waals surface area contributed by atoms with Crippen LogP contribution < -0.4 is 4.90 Å². The van der Waals surface area contributed by atoms with E-state index in [1.807, 2.05) is 17.5 Å². The standard InChI is InChI=1S/C24H28N2OS2/c1-17(2)19-9-4-5-10-20(19)21(23(27)22-11-8-14-28-22)15-18-16-29-24(25-18)26-12-6-3-7-13-26/h4-5,8-11,14,16-17,21H,3,6-7,12-13,15H2,1-2H3. The number of thiophene rings is 1. The normalized spacial score (nSPS) is 15.6. The summed E-state index contributed by atoms with van der Waals surface area (Å²) in [7, 11) is 0. The lowest BCUT2D eigenvalue weighted by Gasteiger charge is -2.26. The predicted octanol–water partition coefficient (Wildman–Crippen LogP) is 6.53. The molecular weight excluding hydrogens is 396 g/mol. The maximum absolute atomic E-state index is 13.5. The van der Waals surface area contributed by atoms with Gasteiger partial charge in [0.2, 0.25) is 0 Å². The summed E-state index contributed by atoms with van der Waals surface area (Å²) >= 11 is 3.25. The summed E-state index contributed by atoms with van der Waals surface area (Å²) in [6.45, 7) is 6.59. The number of Topliss-reactive ketones (excluding diaryl/α,β-unsaturated/α-hetero) is 1. The van der Waals surface area contributed by atoms with Gasteiger partial charge in [0.1, 0.15) is 0 Å². The minimum Gasteiger partial charge on any atom is -0.348 e. The van der Waals surface area contributed by atoms with Gasteiger partial charge in [-0.05, 0) is 47.8 Å². The van der Waals surface area contributed by atoms with Gasteiger partial charge in [-0.25, -0.2) is 4.98 Å². The summed E-state index contributed by atoms with van der Waals surface area (Å²) in [4.78, 5) is 21.6. The average molecular weight is 425 g/mol. The van der Waals surface area contributed by atoms with E-state index in [0.717, 1.165) is 34.4 Å². The van der Waals surface area contributed by atoms with Gasteiger partial charge in [0.05, 0.1) is 16.5 Å². The zero-order valence-corrected chi connectivity index (χ0v) is 18.8. The fourth-order valence-electron chi connectivity index (χ4n) is 4.12. The molecule has 152 valence electrons. The highest BCUT2D eigenvalue weighted by Crippen LogP contribution is 2.34. The lowest BCUT2D eigenvalue weighted by Crippen LogP contribution is -2.29. The minimum atomic E-state index is -0.191. The topological polar surface area (TPSA) is 33.2 Å². The molecule has 0 bridgehead atoms. The molecule has 5 heteroatoms. The molecule has 0 spiro atoms. The Hall–Kier alpha value is -1.98. The smallest absolute Gasteiger partial charge is 0.185 e. The van der Waals surface area contributed by atoms with E-state index in [2.05, 4.69) is 48.4 Å². The van der Waals surface area contributed by atoms with Crippen LogP contribution in [0, 0.1) is 0 Å². The third kappa shape index (κ3) is 4.62. The molecule has 3 nitrogen and oxygen atoms in total. The van der Waals surface area contributed by atoms with Gasteiger partial charge in [0, 0.05) is 24.9 Å². The van der Waals surface area contributed by atoms with Crippen molar-refractivity contribution in [3.05, 3.63) is 68.9 Å². The van der Waals surface area contributed by atoms with Crippen molar-refractivity contribution < 1.29 is 4.79 Å². The first kappa shape index (κ1) is 20.3. The van der Waals surface area contributed by atoms with Crippen LogP contribution in [0.4, 0.5) is 5.13 Å². The molecule has 1 saturated heterocycles. The molecule has 2 aromatic heterocycles. The maximum atomic E-state index is 13.5. The van der Waals surface area contributed by atoms with Gasteiger partial charge in [0.25, 0.3) is 0 Å². The van der Waals surface area contributed by atoms with Crippen molar-refractivity contribution in [1.29, 1.82) is 0 Å². The number of benzene rings is 1. The first-order valence-corrected chi connectivity index (χ1v) is 12.3. The van der Waals surface area contributed by atoms with Crippen LogP contribution in [-0.2, 0) is 6.42 Å². The van der Waals surface area contributed by atoms with Crippen LogP contribution in [0.3, 0.4) is 0 Å². The summed E-state index contributed by atoms with van der Waals surface area (Å²) in [6.07, 6.45) is 4.47. The van der Waals surface area contributed by atoms with Crippen molar-refractivity contribution >= 4 is 33.6 Å². The first-order valence-electron chi connectivity index (χ1n) is 10.5. The third-order valence-electron chi connectivity index (χ3n) is 5.65. The van der Waals surface area contributed by atoms with Crippen LogP contribution in [0.5, 0.6) is 0 Å². The molecule has 1 atom stereocenters. The van der Waals surface area contributed by atoms with E-state index in [1.54, 1.807) is 11.3 Å². The first-order chi connectivity index (χ1) is 14.1. The maximum Gasteiger partial charge on any atom is 0.185 e. The number of thiazole rings is 1. The Morgan fingerprint density at radius 3 is 2.48 bits per heavy atom. The van der Waals surface area contributed by atoms with E-state index >= 15 is 0 Å². The number of rotatable bonds is 7. The van der Waals surface area contributed by atoms with Crippen LogP contribution in [0.25, 0.3) is 0 Å². The Bertz CT molecular complexity index is 939. The van der Waals surface area contributed by atoms with E-state index in [9.17, 15) is 4.79 Å². The second-order valence-corrected chi connectivity index (χ2v) is 9.84. The summed E-state index contributed by atoms with van der Waals surface area (Å²) in [6, 6.07) is 12.3. The van der Waals surface area contributed by atoms with Gasteiger partial charge in [-0.2, -0.15) is 0 Å². The number of piperidine rings is 1. The Balaban J connectivity index is 1.65. The largest absolute Gasteiger partial charge is 0.348 e. The highest BCUT2D eigenvalue weighted by molar-refractivity contribution is 7.13. The molecule has 0 aliphatic carbocycles. The number of carbonyl (C=O) groups is 1. The van der Waals surface area contributed by atoms with E-state index < -0.39 is 0 Å². The molecule has 0 amide bonds. The van der Waals surface area contributed by atoms with Gasteiger partial charge < -0.3 is 4.90 Å². The zero-order chi connectivity index (χ0) is 20.2. The van der Waals surface area contributed by atoms with Gasteiger partial charge in [-0.1, -0.05) is 44.2 Å². The Morgan fingerprint density at radius 2 is 1.79 bits per heavy atom. The van der Waals surface area contributed by atoms with Gasteiger partial charge >= 0.3 is 0 Å². The molecule has 3 heterocycles. The van der Waals surface area contributed by atoms with E-state index in [4.69, 9.17) is 4.98 Å². The molecular formula is C24H28N2OS2. The zero-order valence-electron chi connectivity index (χ0n) is 17.1. The summed E-state index contributed by atoms with van der Waals surface area (Å²) in [5.74, 6) is 0.397. The second-order valence-electron chi connectivity index (χ2n) is 8.05. The van der Waals surface area contributed by atoms with E-state index in [-0.39, 0.29) is 11.7 Å². The lowest BCUT2D eigenvalue weighted by atomic mass is 9.83. The van der Waals surface area contributed by atoms with Gasteiger partial charge in [-0.15, -0.1) is 22.7 Å². The molecule has 1 unspecified atom stereocenters. The van der Waals surface area contributed by atoms with Crippen LogP contribution in [0.1, 0.15) is 71.4 Å². The predicted molar refractivity (Wildman–Crippen MR) is 124 cm³/mol. The van der Waals surface area contributed by atoms with Crippen molar-refractivity contribution in [2.24, 2.45) is 0 Å². The number of nitrogens with zero attached hydrogens (tertiary/aromatic N) is 2. The van der Waals surface area contributed by atoms with Gasteiger partial charge in [-0.3, -0.25) is 4.79 Å². The van der Waals surface area contributed by atoms with Crippen molar-refractivity contribution in [3.63, 3.8) is 0 Å². The van der Waals surface area contributed by atoms with Crippen molar-refractivity contribution in [2.75, 3.05) is 18.0 Å². The molecule has 1 aliphatic heterocycles. The SMILES string of the molecule is CC(C)c1ccccc1C(Cc1csc(N2CCCCC2)n1)C(=O)c1cccs1. The number of hydrogen-bond acceptors (Lipinski definition) is 5. The number of anilines is 1. The number of aromatic nitrogens is 1. The summed E-state index contributed by atoms with van der Waals surface area (Å²) < 4.78 is 0. The minimum absolute atomic E-state index is 0.191. The molecule has 0 radical (unpaired) electrons. The fourth-order valence-corrected chi connectivity index (χ4v) is 5.73. The number of ketones is 1. The van der Waals surface area contributed by atoms with Crippen LogP contribution in [0.2, 0.25) is 0 Å². The summed E-state index contributed by atoms with van der Waals surface area (Å²) in [5, 5.41) is 5.24. The van der Waals surface area contributed by atoms with Crippen molar-refractivity contribution in [3.8, 4) is 0 Å². The molecule has 1 aliphatic rings. The Kier molecular flexibility index (Phi) is 6.46. The molecule has 0 N–H and O–H groups in total. The van der Waals surface area contributed by atoms with E-state index in [0.29, 0.717) is 12.3 Å². The third-order valence-corrected chi connectivity index (χ3v) is 7.49. The van der Waals surface area contributed by atoms with Crippen LogP contribution >= 0.6 is 22.7 Å². The monoisotopic (exact) mass is 424 g/mol. The van der Waals surface area contributed by atoms with Crippen molar-refractivity contribution in [1.82, 2.24) is 4.98 Å². The van der Waals surface area contributed by atoms with Gasteiger partial charge in [0.15, 0.2) is 10.9 Å². The average Bonchev–Trinajstić information content (AvgIpc) is 3.44. The quantitative estimate of drug-likeness (QED) is 0.404. The second kappa shape index (κ2) is 9.23. The van der Waals surface area contributed by atoms with Crippen molar-refractivity contribution in [2.45, 2.75) is 51.4 Å². The summed E-state index contributed by atoms with van der Waals surface area (Å²) in [5.41, 5.74) is 3.44. The highest BCUT2D eigenvalue weighted by Gasteiger charge is 2.27. The Labute approximate surface area is 181 Å². The molecule has 1 fully saturated rings. The highest BCUT2D eigenvalue weighted by atomic mass is 32.1. The fraction of sp³-hybridized carbons (Fsp3) is 0.417. The molecule has 29 heavy (non-hydrogen) atoms. The van der Waals surface area contributed by atoms with E-state index in [1.165, 1.54) is 36.2 Å². The van der Waals surface area contributed by atoms with Crippen LogP contribution in [-0.4, -0.2) is 23.9 Å². The molecule has 3 aromatic rings. The molecule has 4 rings (SSSR count). The number of hydrogen-bond donors (Lipinski definition) is 0. The lowest BCUT2D eigenvalue weighted by molar-refractivity contribution is 0.0962.